The van der Waals surface area contributed by atoms with E-state index in [1.165, 1.54) is 13.2 Å². The minimum atomic E-state index is -4.23. The van der Waals surface area contributed by atoms with Crippen molar-refractivity contribution >= 4 is 5.82 Å². The van der Waals surface area contributed by atoms with Gasteiger partial charge in [-0.15, -0.1) is 0 Å². The number of halogens is 3. The van der Waals surface area contributed by atoms with Crippen LogP contribution in [0.1, 0.15) is 19.4 Å². The minimum Gasteiger partial charge on any atom is -0.350 e. The van der Waals surface area contributed by atoms with Gasteiger partial charge in [0.2, 0.25) is 0 Å². The molecule has 0 saturated heterocycles. The highest BCUT2D eigenvalue weighted by atomic mass is 19.4. The first kappa shape index (κ1) is 14.8. The van der Waals surface area contributed by atoms with E-state index in [0.717, 1.165) is 10.5 Å². The third-order valence-corrected chi connectivity index (χ3v) is 2.35. The molecule has 0 amide bonds. The van der Waals surface area contributed by atoms with E-state index in [4.69, 9.17) is 0 Å². The Bertz CT molecular complexity index is 377. The summed E-state index contributed by atoms with van der Waals surface area (Å²) in [7, 11) is 1.40. The van der Waals surface area contributed by atoms with Crippen LogP contribution in [0.2, 0.25) is 0 Å². The molecule has 0 aliphatic heterocycles. The van der Waals surface area contributed by atoms with Gasteiger partial charge in [0.1, 0.15) is 12.4 Å². The van der Waals surface area contributed by atoms with E-state index >= 15 is 0 Å². The topological polar surface area (TPSA) is 28.2 Å². The summed E-state index contributed by atoms with van der Waals surface area (Å²) in [5.41, 5.74) is 0.762. The van der Waals surface area contributed by atoms with Crippen LogP contribution in [0.15, 0.2) is 18.3 Å². The molecule has 0 atom stereocenters. The Morgan fingerprint density at radius 2 is 2.06 bits per heavy atom. The second-order valence-corrected chi connectivity index (χ2v) is 4.49. The van der Waals surface area contributed by atoms with Gasteiger partial charge in [0.25, 0.3) is 0 Å². The Labute approximate surface area is 105 Å². The van der Waals surface area contributed by atoms with Gasteiger partial charge in [0.05, 0.1) is 0 Å². The van der Waals surface area contributed by atoms with E-state index in [1.54, 1.807) is 12.1 Å². The highest BCUT2D eigenvalue weighted by molar-refractivity contribution is 5.46. The fraction of sp³-hybridized carbons (Fsp3) is 0.583. The second kappa shape index (κ2) is 6.04. The monoisotopic (exact) mass is 261 g/mol. The molecule has 6 heteroatoms. The number of rotatable bonds is 5. The number of aromatic nitrogens is 1. The molecule has 0 fully saturated rings. The molecular formula is C12H18F3N3. The molecule has 1 aromatic rings. The van der Waals surface area contributed by atoms with Crippen molar-refractivity contribution in [3.05, 3.63) is 23.9 Å². The molecule has 0 aliphatic carbocycles. The average Bonchev–Trinajstić information content (AvgIpc) is 2.24. The quantitative estimate of drug-likeness (QED) is 0.883. The van der Waals surface area contributed by atoms with Crippen LogP contribution in [0.5, 0.6) is 0 Å². The molecular weight excluding hydrogens is 243 g/mol. The number of anilines is 1. The Balaban J connectivity index is 2.80. The molecule has 1 heterocycles. The average molecular weight is 261 g/mol. The van der Waals surface area contributed by atoms with Crippen LogP contribution in [0.3, 0.4) is 0 Å². The normalized spacial score (nSPS) is 11.9. The summed E-state index contributed by atoms with van der Waals surface area (Å²) >= 11 is 0. The first-order valence-corrected chi connectivity index (χ1v) is 5.75. The van der Waals surface area contributed by atoms with E-state index in [1.807, 2.05) is 13.8 Å². The lowest BCUT2D eigenvalue weighted by Crippen LogP contribution is -2.33. The summed E-state index contributed by atoms with van der Waals surface area (Å²) in [6.45, 7) is 3.46. The lowest BCUT2D eigenvalue weighted by Gasteiger charge is -2.22. The van der Waals surface area contributed by atoms with Crippen LogP contribution >= 0.6 is 0 Å². The fourth-order valence-electron chi connectivity index (χ4n) is 1.57. The predicted octanol–water partition coefficient (Wildman–Crippen LogP) is 2.58. The number of pyridine rings is 1. The molecule has 0 radical (unpaired) electrons. The van der Waals surface area contributed by atoms with Crippen LogP contribution in [0.4, 0.5) is 19.0 Å². The summed E-state index contributed by atoms with van der Waals surface area (Å²) in [6, 6.07) is 3.78. The Hall–Kier alpha value is -1.30. The van der Waals surface area contributed by atoms with Crippen molar-refractivity contribution < 1.29 is 13.2 Å². The summed E-state index contributed by atoms with van der Waals surface area (Å²) in [4.78, 5) is 5.15. The Morgan fingerprint density at radius 3 is 2.61 bits per heavy atom. The summed E-state index contributed by atoms with van der Waals surface area (Å²) in [5, 5.41) is 3.17. The van der Waals surface area contributed by atoms with Gasteiger partial charge in [-0.05, 0) is 6.07 Å². The number of nitrogens with one attached hydrogen (secondary N) is 1. The molecule has 0 bridgehead atoms. The third-order valence-electron chi connectivity index (χ3n) is 2.35. The zero-order chi connectivity index (χ0) is 13.8. The third kappa shape index (κ3) is 4.91. The molecule has 102 valence electrons. The SMILES string of the molecule is CC(C)NCc1cccnc1N(C)CC(F)(F)F. The van der Waals surface area contributed by atoms with Crippen LogP contribution in [-0.2, 0) is 6.54 Å². The first-order valence-electron chi connectivity index (χ1n) is 5.75. The zero-order valence-electron chi connectivity index (χ0n) is 10.8. The van der Waals surface area contributed by atoms with Gasteiger partial charge >= 0.3 is 6.18 Å². The lowest BCUT2D eigenvalue weighted by molar-refractivity contribution is -0.119. The van der Waals surface area contributed by atoms with E-state index in [-0.39, 0.29) is 6.04 Å². The maximum Gasteiger partial charge on any atom is 0.405 e. The van der Waals surface area contributed by atoms with Crippen LogP contribution in [0, 0.1) is 0 Å². The van der Waals surface area contributed by atoms with Crippen LogP contribution in [0.25, 0.3) is 0 Å². The van der Waals surface area contributed by atoms with Gasteiger partial charge < -0.3 is 10.2 Å². The van der Waals surface area contributed by atoms with Gasteiger partial charge in [-0.2, -0.15) is 13.2 Å². The van der Waals surface area contributed by atoms with E-state index in [9.17, 15) is 13.2 Å². The standard InChI is InChI=1S/C12H18F3N3/c1-9(2)17-7-10-5-4-6-16-11(10)18(3)8-12(13,14)15/h4-6,9,17H,7-8H2,1-3H3. The molecule has 18 heavy (non-hydrogen) atoms. The van der Waals surface area contributed by atoms with Crippen LogP contribution < -0.4 is 10.2 Å². The molecule has 0 aliphatic rings. The number of nitrogens with zero attached hydrogens (tertiary/aromatic N) is 2. The summed E-state index contributed by atoms with van der Waals surface area (Å²) in [5.74, 6) is 0.364. The van der Waals surface area contributed by atoms with Crippen LogP contribution in [-0.4, -0.2) is 30.8 Å². The Kier molecular flexibility index (Phi) is 4.95. The molecule has 1 aromatic heterocycles. The van der Waals surface area contributed by atoms with Gasteiger partial charge in [0.15, 0.2) is 0 Å². The van der Waals surface area contributed by atoms with Gasteiger partial charge in [-0.3, -0.25) is 0 Å². The van der Waals surface area contributed by atoms with Crippen molar-refractivity contribution in [3.8, 4) is 0 Å². The first-order chi connectivity index (χ1) is 8.29. The molecule has 0 unspecified atom stereocenters. The van der Waals surface area contributed by atoms with E-state index in [0.29, 0.717) is 12.4 Å². The molecule has 0 spiro atoms. The summed E-state index contributed by atoms with van der Waals surface area (Å²) < 4.78 is 37.1. The van der Waals surface area contributed by atoms with Crippen molar-refractivity contribution in [2.45, 2.75) is 32.6 Å². The van der Waals surface area contributed by atoms with Gasteiger partial charge in [-0.1, -0.05) is 19.9 Å². The summed E-state index contributed by atoms with van der Waals surface area (Å²) in [6.07, 6.45) is -2.73. The fourth-order valence-corrected chi connectivity index (χ4v) is 1.57. The molecule has 1 N–H and O–H groups in total. The lowest BCUT2D eigenvalue weighted by atomic mass is 10.2. The molecule has 1 rings (SSSR count). The zero-order valence-corrected chi connectivity index (χ0v) is 10.8. The molecule has 3 nitrogen and oxygen atoms in total. The van der Waals surface area contributed by atoms with Gasteiger partial charge in [-0.25, -0.2) is 4.98 Å². The highest BCUT2D eigenvalue weighted by Crippen LogP contribution is 2.22. The maximum absolute atomic E-state index is 12.4. The van der Waals surface area contributed by atoms with Crippen molar-refractivity contribution in [3.63, 3.8) is 0 Å². The van der Waals surface area contributed by atoms with Crippen molar-refractivity contribution in [2.75, 3.05) is 18.5 Å². The molecule has 0 aromatic carbocycles. The van der Waals surface area contributed by atoms with Crippen molar-refractivity contribution in [1.82, 2.24) is 10.3 Å². The highest BCUT2D eigenvalue weighted by Gasteiger charge is 2.30. The Morgan fingerprint density at radius 1 is 1.39 bits per heavy atom. The second-order valence-electron chi connectivity index (χ2n) is 4.49. The number of hydrogen-bond acceptors (Lipinski definition) is 3. The minimum absolute atomic E-state index is 0.269. The van der Waals surface area contributed by atoms with Crippen molar-refractivity contribution in [2.24, 2.45) is 0 Å². The number of hydrogen-bond donors (Lipinski definition) is 1. The van der Waals surface area contributed by atoms with E-state index in [2.05, 4.69) is 10.3 Å². The number of alkyl halides is 3. The predicted molar refractivity (Wildman–Crippen MR) is 65.5 cm³/mol. The molecule has 0 saturated carbocycles. The maximum atomic E-state index is 12.4. The largest absolute Gasteiger partial charge is 0.405 e. The van der Waals surface area contributed by atoms with Gasteiger partial charge in [0, 0.05) is 31.4 Å². The van der Waals surface area contributed by atoms with E-state index < -0.39 is 12.7 Å². The van der Waals surface area contributed by atoms with Crippen molar-refractivity contribution in [1.29, 1.82) is 0 Å². The smallest absolute Gasteiger partial charge is 0.350 e.